The molecule has 0 atom stereocenters. The van der Waals surface area contributed by atoms with Crippen LogP contribution in [0.4, 0.5) is 17.1 Å². The lowest BCUT2D eigenvalue weighted by Gasteiger charge is -2.21. The van der Waals surface area contributed by atoms with E-state index in [-0.39, 0.29) is 5.56 Å². The molecule has 9 heteroatoms. The Morgan fingerprint density at radius 1 is 0.765 bits per heavy atom. The van der Waals surface area contributed by atoms with Gasteiger partial charge in [0.1, 0.15) is 5.84 Å². The Bertz CT molecular complexity index is 1220. The van der Waals surface area contributed by atoms with Crippen molar-refractivity contribution in [3.8, 4) is 0 Å². The second-order valence-corrected chi connectivity index (χ2v) is 8.85. The fourth-order valence-electron chi connectivity index (χ4n) is 3.21. The molecule has 3 rings (SSSR count). The molecule has 0 fully saturated rings. The molecule has 0 heterocycles. The average molecular weight is 498 g/mol. The quantitative estimate of drug-likeness (QED) is 0.312. The third-order valence-corrected chi connectivity index (χ3v) is 5.49. The van der Waals surface area contributed by atoms with Gasteiger partial charge in [-0.2, -0.15) is 0 Å². The van der Waals surface area contributed by atoms with E-state index >= 15 is 0 Å². The molecular weight excluding hydrogens is 473 g/mol. The molecule has 0 aromatic heterocycles. The zero-order chi connectivity index (χ0) is 25.0. The predicted molar refractivity (Wildman–Crippen MR) is 140 cm³/mol. The largest absolute Gasteiger partial charge is 0.376 e. The molecule has 0 aliphatic rings. The fourth-order valence-corrected chi connectivity index (χ4v) is 3.55. The van der Waals surface area contributed by atoms with E-state index in [9.17, 15) is 9.59 Å². The van der Waals surface area contributed by atoms with Crippen molar-refractivity contribution < 1.29 is 9.59 Å². The summed E-state index contributed by atoms with van der Waals surface area (Å²) in [5.74, 6) is -0.493. The molecule has 0 aliphatic heterocycles. The first-order valence-electron chi connectivity index (χ1n) is 10.3. The number of hydrogen-bond donors (Lipinski definition) is 3. The highest BCUT2D eigenvalue weighted by Crippen LogP contribution is 2.33. The number of halogens is 2. The summed E-state index contributed by atoms with van der Waals surface area (Å²) in [7, 11) is 7.15. The highest BCUT2D eigenvalue weighted by Gasteiger charge is 2.21. The Morgan fingerprint density at radius 3 is 1.91 bits per heavy atom. The standard InChI is InChI=1S/C25H25Cl2N5O2/c1-31(2)21-14-18(27)13-20(25(34)29-19-11-9-17(26)10-12-19)22(21)30-24(33)16-7-5-15(6-8-16)23(28)32(3)4/h5-14,28H,1-4H3,(H,29,34)(H,30,33). The smallest absolute Gasteiger partial charge is 0.257 e. The SMILES string of the molecule is CN(C)C(=N)c1ccc(C(=O)Nc2c(C(=O)Nc3ccc(Cl)cc3)cc(Cl)cc2N(C)C)cc1. The van der Waals surface area contributed by atoms with Crippen LogP contribution >= 0.6 is 23.2 Å². The van der Waals surface area contributed by atoms with Crippen LogP contribution < -0.4 is 15.5 Å². The first-order chi connectivity index (χ1) is 16.1. The Kier molecular flexibility index (Phi) is 7.81. The molecule has 0 spiro atoms. The fraction of sp³-hybridized carbons (Fsp3) is 0.160. The van der Waals surface area contributed by atoms with E-state index in [1.165, 1.54) is 6.07 Å². The van der Waals surface area contributed by atoms with E-state index < -0.39 is 11.8 Å². The van der Waals surface area contributed by atoms with Crippen molar-refractivity contribution in [2.75, 3.05) is 43.7 Å². The lowest BCUT2D eigenvalue weighted by Crippen LogP contribution is -2.23. The van der Waals surface area contributed by atoms with Crippen molar-refractivity contribution in [1.29, 1.82) is 5.41 Å². The zero-order valence-corrected chi connectivity index (χ0v) is 20.8. The molecule has 34 heavy (non-hydrogen) atoms. The van der Waals surface area contributed by atoms with Gasteiger partial charge in [-0.25, -0.2) is 0 Å². The number of anilines is 3. The minimum atomic E-state index is -0.432. The van der Waals surface area contributed by atoms with Crippen LogP contribution in [0.5, 0.6) is 0 Å². The lowest BCUT2D eigenvalue weighted by molar-refractivity contribution is 0.102. The highest BCUT2D eigenvalue weighted by molar-refractivity contribution is 6.32. The molecule has 0 aliphatic carbocycles. The van der Waals surface area contributed by atoms with Crippen molar-refractivity contribution in [2.24, 2.45) is 0 Å². The first-order valence-corrected chi connectivity index (χ1v) is 11.1. The van der Waals surface area contributed by atoms with Gasteiger partial charge >= 0.3 is 0 Å². The molecule has 0 radical (unpaired) electrons. The summed E-state index contributed by atoms with van der Waals surface area (Å²) in [6, 6.07) is 16.6. The third kappa shape index (κ3) is 5.87. The number of amidine groups is 1. The van der Waals surface area contributed by atoms with Crippen LogP contribution in [0.3, 0.4) is 0 Å². The van der Waals surface area contributed by atoms with Gasteiger partial charge in [0.05, 0.1) is 16.9 Å². The monoisotopic (exact) mass is 497 g/mol. The maximum Gasteiger partial charge on any atom is 0.257 e. The zero-order valence-electron chi connectivity index (χ0n) is 19.2. The maximum atomic E-state index is 13.1. The molecular formula is C25H25Cl2N5O2. The van der Waals surface area contributed by atoms with E-state index in [4.69, 9.17) is 28.6 Å². The minimum Gasteiger partial charge on any atom is -0.376 e. The lowest BCUT2D eigenvalue weighted by atomic mass is 10.1. The summed E-state index contributed by atoms with van der Waals surface area (Å²) in [6.07, 6.45) is 0. The first kappa shape index (κ1) is 25.1. The van der Waals surface area contributed by atoms with Gasteiger partial charge in [-0.1, -0.05) is 35.3 Å². The minimum absolute atomic E-state index is 0.213. The summed E-state index contributed by atoms with van der Waals surface area (Å²) in [6.45, 7) is 0. The van der Waals surface area contributed by atoms with Crippen LogP contribution in [-0.2, 0) is 0 Å². The number of amides is 2. The number of nitrogens with zero attached hydrogens (tertiary/aromatic N) is 2. The van der Waals surface area contributed by atoms with Crippen LogP contribution in [0.2, 0.25) is 10.0 Å². The van der Waals surface area contributed by atoms with Gasteiger partial charge in [0.25, 0.3) is 11.8 Å². The van der Waals surface area contributed by atoms with Crippen molar-refractivity contribution in [1.82, 2.24) is 4.90 Å². The maximum absolute atomic E-state index is 13.1. The van der Waals surface area contributed by atoms with E-state index in [2.05, 4.69) is 10.6 Å². The average Bonchev–Trinajstić information content (AvgIpc) is 2.80. The van der Waals surface area contributed by atoms with E-state index in [0.29, 0.717) is 44.1 Å². The number of rotatable bonds is 6. The molecule has 0 bridgehead atoms. The van der Waals surface area contributed by atoms with Crippen molar-refractivity contribution >= 4 is 57.9 Å². The van der Waals surface area contributed by atoms with Gasteiger partial charge in [-0.05, 0) is 48.5 Å². The van der Waals surface area contributed by atoms with E-state index in [1.54, 1.807) is 92.6 Å². The molecule has 2 amide bonds. The normalized spacial score (nSPS) is 10.4. The molecule has 3 aromatic carbocycles. The Balaban J connectivity index is 1.94. The Hall–Kier alpha value is -3.55. The van der Waals surface area contributed by atoms with E-state index in [1.807, 2.05) is 0 Å². The van der Waals surface area contributed by atoms with Gasteiger partial charge in [0, 0.05) is 55.1 Å². The van der Waals surface area contributed by atoms with Gasteiger partial charge in [0.2, 0.25) is 0 Å². The Labute approximate surface area is 208 Å². The topological polar surface area (TPSA) is 88.5 Å². The summed E-state index contributed by atoms with van der Waals surface area (Å²) in [5.41, 5.74) is 2.75. The van der Waals surface area contributed by atoms with Gasteiger partial charge in [-0.3, -0.25) is 15.0 Å². The molecule has 176 valence electrons. The van der Waals surface area contributed by atoms with E-state index in [0.717, 1.165) is 0 Å². The van der Waals surface area contributed by atoms with Crippen molar-refractivity contribution in [3.05, 3.63) is 87.4 Å². The Morgan fingerprint density at radius 2 is 1.35 bits per heavy atom. The van der Waals surface area contributed by atoms with Crippen LogP contribution in [0.25, 0.3) is 0 Å². The molecule has 3 aromatic rings. The van der Waals surface area contributed by atoms with Crippen LogP contribution in [-0.4, -0.2) is 50.7 Å². The second-order valence-electron chi connectivity index (χ2n) is 7.98. The predicted octanol–water partition coefficient (Wildman–Crippen LogP) is 5.45. The van der Waals surface area contributed by atoms with Crippen LogP contribution in [0, 0.1) is 5.41 Å². The molecule has 0 unspecified atom stereocenters. The summed E-state index contributed by atoms with van der Waals surface area (Å²) >= 11 is 12.2. The van der Waals surface area contributed by atoms with Gasteiger partial charge in [-0.15, -0.1) is 0 Å². The number of hydrogen-bond acceptors (Lipinski definition) is 4. The third-order valence-electron chi connectivity index (χ3n) is 5.02. The van der Waals surface area contributed by atoms with Gasteiger partial charge < -0.3 is 20.4 Å². The van der Waals surface area contributed by atoms with Crippen molar-refractivity contribution in [2.45, 2.75) is 0 Å². The molecule has 0 saturated heterocycles. The summed E-state index contributed by atoms with van der Waals surface area (Å²) < 4.78 is 0. The molecule has 7 nitrogen and oxygen atoms in total. The van der Waals surface area contributed by atoms with Gasteiger partial charge in [0.15, 0.2) is 0 Å². The number of carbonyl (C=O) groups excluding carboxylic acids is 2. The summed E-state index contributed by atoms with van der Waals surface area (Å²) in [4.78, 5) is 29.7. The van der Waals surface area contributed by atoms with Crippen LogP contribution in [0.1, 0.15) is 26.3 Å². The number of benzene rings is 3. The molecule has 0 saturated carbocycles. The van der Waals surface area contributed by atoms with Crippen molar-refractivity contribution in [3.63, 3.8) is 0 Å². The van der Waals surface area contributed by atoms with Crippen LogP contribution in [0.15, 0.2) is 60.7 Å². The highest BCUT2D eigenvalue weighted by atomic mass is 35.5. The summed E-state index contributed by atoms with van der Waals surface area (Å²) in [5, 5.41) is 14.7. The second kappa shape index (κ2) is 10.6. The number of nitrogens with one attached hydrogen (secondary N) is 3. The number of carbonyl (C=O) groups is 2. The molecule has 3 N–H and O–H groups in total.